The Kier molecular flexibility index (Phi) is 5.01. The summed E-state index contributed by atoms with van der Waals surface area (Å²) in [4.78, 5) is 17.1. The fourth-order valence-corrected chi connectivity index (χ4v) is 3.14. The molecule has 0 saturated heterocycles. The van der Waals surface area contributed by atoms with Gasteiger partial charge in [-0.2, -0.15) is 5.10 Å². The average molecular weight is 372 g/mol. The maximum Gasteiger partial charge on any atom is 0.275 e. The summed E-state index contributed by atoms with van der Waals surface area (Å²) >= 11 is 0. The lowest BCUT2D eigenvalue weighted by molar-refractivity contribution is 0.0946. The van der Waals surface area contributed by atoms with Gasteiger partial charge in [-0.25, -0.2) is 4.68 Å². The molecule has 4 rings (SSSR count). The minimum absolute atomic E-state index is 0.264. The van der Waals surface area contributed by atoms with Crippen molar-refractivity contribution in [2.24, 2.45) is 0 Å². The number of carbonyl (C=O) groups is 1. The van der Waals surface area contributed by atoms with Crippen LogP contribution in [-0.2, 0) is 6.42 Å². The molecule has 0 aliphatic heterocycles. The zero-order valence-corrected chi connectivity index (χ0v) is 15.5. The Bertz CT molecular complexity index is 1100. The van der Waals surface area contributed by atoms with Gasteiger partial charge in [0.2, 0.25) is 0 Å². The fourth-order valence-electron chi connectivity index (χ4n) is 3.14. The predicted octanol–water partition coefficient (Wildman–Crippen LogP) is 3.40. The number of hydrogen-bond donors (Lipinski definition) is 1. The van der Waals surface area contributed by atoms with Crippen molar-refractivity contribution in [2.45, 2.75) is 6.42 Å². The van der Waals surface area contributed by atoms with Gasteiger partial charge in [0.15, 0.2) is 11.4 Å². The van der Waals surface area contributed by atoms with E-state index in [1.807, 2.05) is 60.7 Å². The lowest BCUT2D eigenvalue weighted by Crippen LogP contribution is -2.26. The third-order valence-electron chi connectivity index (χ3n) is 4.53. The van der Waals surface area contributed by atoms with E-state index in [1.165, 1.54) is 7.11 Å². The van der Waals surface area contributed by atoms with Crippen LogP contribution in [0.4, 0.5) is 0 Å². The van der Waals surface area contributed by atoms with E-state index in [1.54, 1.807) is 17.1 Å². The molecule has 0 radical (unpaired) electrons. The minimum atomic E-state index is -0.264. The van der Waals surface area contributed by atoms with E-state index in [4.69, 9.17) is 4.74 Å². The molecule has 0 fully saturated rings. The molecule has 0 saturated carbocycles. The van der Waals surface area contributed by atoms with E-state index in [9.17, 15) is 4.79 Å². The normalized spacial score (nSPS) is 10.8. The SMILES string of the molecule is COc1cn(-c2ccccc2)nc1C(=O)NCCc1cccc2cccnc12. The molecule has 0 bridgehead atoms. The highest BCUT2D eigenvalue weighted by Crippen LogP contribution is 2.20. The third-order valence-corrected chi connectivity index (χ3v) is 4.53. The fraction of sp³-hybridized carbons (Fsp3) is 0.136. The molecule has 0 spiro atoms. The molecule has 0 atom stereocenters. The second-order valence-corrected chi connectivity index (χ2v) is 6.32. The Morgan fingerprint density at radius 3 is 2.71 bits per heavy atom. The number of nitrogens with one attached hydrogen (secondary N) is 1. The zero-order chi connectivity index (χ0) is 19.3. The molecule has 2 aromatic carbocycles. The lowest BCUT2D eigenvalue weighted by atomic mass is 10.1. The summed E-state index contributed by atoms with van der Waals surface area (Å²) in [6, 6.07) is 19.6. The Morgan fingerprint density at radius 2 is 1.89 bits per heavy atom. The van der Waals surface area contributed by atoms with Crippen LogP contribution in [0.25, 0.3) is 16.6 Å². The third kappa shape index (κ3) is 3.57. The van der Waals surface area contributed by atoms with Crippen LogP contribution in [0.5, 0.6) is 5.75 Å². The Hall–Kier alpha value is -3.67. The minimum Gasteiger partial charge on any atom is -0.493 e. The summed E-state index contributed by atoms with van der Waals surface area (Å²) in [5, 5.41) is 8.42. The lowest BCUT2D eigenvalue weighted by Gasteiger charge is -2.07. The molecule has 0 aliphatic rings. The first-order chi connectivity index (χ1) is 13.8. The number of rotatable bonds is 6. The molecule has 2 aromatic heterocycles. The molecule has 6 nitrogen and oxygen atoms in total. The van der Waals surface area contributed by atoms with E-state index in [2.05, 4.69) is 15.4 Å². The molecular weight excluding hydrogens is 352 g/mol. The number of fused-ring (bicyclic) bond motifs is 1. The van der Waals surface area contributed by atoms with Crippen molar-refractivity contribution in [3.05, 3.63) is 84.3 Å². The van der Waals surface area contributed by atoms with Crippen molar-refractivity contribution >= 4 is 16.8 Å². The van der Waals surface area contributed by atoms with Gasteiger partial charge in [-0.1, -0.05) is 42.5 Å². The first kappa shape index (κ1) is 17.7. The monoisotopic (exact) mass is 372 g/mol. The van der Waals surface area contributed by atoms with Crippen LogP contribution in [0.2, 0.25) is 0 Å². The standard InChI is InChI=1S/C22H20N4O2/c1-28-19-15-26(18-10-3-2-4-11-18)25-21(19)22(27)24-14-12-17-8-5-7-16-9-6-13-23-20(16)17/h2-11,13,15H,12,14H2,1H3,(H,24,27). The molecule has 0 unspecified atom stereocenters. The Balaban J connectivity index is 1.47. The van der Waals surface area contributed by atoms with Gasteiger partial charge in [0.1, 0.15) is 0 Å². The maximum absolute atomic E-state index is 12.6. The number of aromatic nitrogens is 3. The van der Waals surface area contributed by atoms with Crippen LogP contribution in [0.15, 0.2) is 73.1 Å². The largest absolute Gasteiger partial charge is 0.493 e. The van der Waals surface area contributed by atoms with Gasteiger partial charge in [0, 0.05) is 18.1 Å². The summed E-state index contributed by atoms with van der Waals surface area (Å²) in [7, 11) is 1.53. The molecule has 1 N–H and O–H groups in total. The number of carbonyl (C=O) groups excluding carboxylic acids is 1. The van der Waals surface area contributed by atoms with Gasteiger partial charge in [0.05, 0.1) is 24.5 Å². The summed E-state index contributed by atoms with van der Waals surface area (Å²) < 4.78 is 6.98. The Labute approximate surface area is 162 Å². The molecule has 140 valence electrons. The molecular formula is C22H20N4O2. The second-order valence-electron chi connectivity index (χ2n) is 6.32. The van der Waals surface area contributed by atoms with Crippen molar-refractivity contribution in [2.75, 3.05) is 13.7 Å². The van der Waals surface area contributed by atoms with Crippen LogP contribution in [0, 0.1) is 0 Å². The van der Waals surface area contributed by atoms with Gasteiger partial charge < -0.3 is 10.1 Å². The van der Waals surface area contributed by atoms with Crippen molar-refractivity contribution in [1.82, 2.24) is 20.1 Å². The van der Waals surface area contributed by atoms with Crippen molar-refractivity contribution < 1.29 is 9.53 Å². The predicted molar refractivity (Wildman–Crippen MR) is 108 cm³/mol. The van der Waals surface area contributed by atoms with Gasteiger partial charge in [-0.05, 0) is 30.2 Å². The van der Waals surface area contributed by atoms with Crippen LogP contribution >= 0.6 is 0 Å². The molecule has 2 heterocycles. The molecule has 28 heavy (non-hydrogen) atoms. The number of nitrogens with zero attached hydrogens (tertiary/aromatic N) is 3. The Morgan fingerprint density at radius 1 is 1.07 bits per heavy atom. The first-order valence-electron chi connectivity index (χ1n) is 9.06. The molecule has 0 aliphatic carbocycles. The topological polar surface area (TPSA) is 69.0 Å². The van der Waals surface area contributed by atoms with Gasteiger partial charge >= 0.3 is 0 Å². The number of para-hydroxylation sites is 2. The van der Waals surface area contributed by atoms with Crippen LogP contribution in [0.1, 0.15) is 16.1 Å². The number of ether oxygens (including phenoxy) is 1. The summed E-state index contributed by atoms with van der Waals surface area (Å²) in [6.45, 7) is 0.482. The smallest absolute Gasteiger partial charge is 0.275 e. The highest BCUT2D eigenvalue weighted by molar-refractivity contribution is 5.95. The van der Waals surface area contributed by atoms with E-state index < -0.39 is 0 Å². The van der Waals surface area contributed by atoms with Gasteiger partial charge in [-0.15, -0.1) is 0 Å². The number of hydrogen-bond acceptors (Lipinski definition) is 4. The highest BCUT2D eigenvalue weighted by Gasteiger charge is 2.18. The summed E-state index contributed by atoms with van der Waals surface area (Å²) in [5.74, 6) is 0.174. The number of benzene rings is 2. The summed E-state index contributed by atoms with van der Waals surface area (Å²) in [6.07, 6.45) is 4.17. The highest BCUT2D eigenvalue weighted by atomic mass is 16.5. The van der Waals surface area contributed by atoms with E-state index >= 15 is 0 Å². The number of amides is 1. The molecule has 6 heteroatoms. The van der Waals surface area contributed by atoms with Crippen LogP contribution < -0.4 is 10.1 Å². The van der Waals surface area contributed by atoms with Crippen molar-refractivity contribution in [3.63, 3.8) is 0 Å². The van der Waals surface area contributed by atoms with Gasteiger partial charge in [0.25, 0.3) is 5.91 Å². The zero-order valence-electron chi connectivity index (χ0n) is 15.5. The molecule has 1 amide bonds. The maximum atomic E-state index is 12.6. The van der Waals surface area contributed by atoms with Crippen molar-refractivity contribution in [1.29, 1.82) is 0 Å². The summed E-state index contributed by atoms with van der Waals surface area (Å²) in [5.41, 5.74) is 3.19. The van der Waals surface area contributed by atoms with Gasteiger partial charge in [-0.3, -0.25) is 9.78 Å². The number of methoxy groups -OCH3 is 1. The quantitative estimate of drug-likeness (QED) is 0.563. The first-order valence-corrected chi connectivity index (χ1v) is 9.06. The van der Waals surface area contributed by atoms with E-state index in [0.717, 1.165) is 22.2 Å². The average Bonchev–Trinajstić information content (AvgIpc) is 3.19. The molecule has 4 aromatic rings. The van der Waals surface area contributed by atoms with Crippen LogP contribution in [0.3, 0.4) is 0 Å². The second kappa shape index (κ2) is 7.92. The van der Waals surface area contributed by atoms with Crippen LogP contribution in [-0.4, -0.2) is 34.3 Å². The van der Waals surface area contributed by atoms with E-state index in [0.29, 0.717) is 18.7 Å². The van der Waals surface area contributed by atoms with Crippen molar-refractivity contribution in [3.8, 4) is 11.4 Å². The van der Waals surface area contributed by atoms with E-state index in [-0.39, 0.29) is 11.6 Å². The number of pyridine rings is 1.